The van der Waals surface area contributed by atoms with E-state index in [1.54, 1.807) is 35.9 Å². The van der Waals surface area contributed by atoms with Gasteiger partial charge in [0.2, 0.25) is 0 Å². The summed E-state index contributed by atoms with van der Waals surface area (Å²) in [5.74, 6) is 0. The average molecular weight is 383 g/mol. The molecule has 0 saturated heterocycles. The first-order chi connectivity index (χ1) is 10.4. The monoisotopic (exact) mass is 381 g/mol. The van der Waals surface area contributed by atoms with Crippen LogP contribution in [0.1, 0.15) is 24.0 Å². The van der Waals surface area contributed by atoms with Crippen LogP contribution in [-0.2, 0) is 27.5 Å². The standard InChI is InChI=1S/C20H23Si.Zr/c1-21(2,3)20(17-12-6-7-13-17)19-15-9-8-14-18(19)16-10-4-5-11-16;/h4-10,12,14-15H,11,13H2,1-3H3;. The predicted molar refractivity (Wildman–Crippen MR) is 95.0 cm³/mol. The van der Waals surface area contributed by atoms with Gasteiger partial charge in [-0.1, -0.05) is 0 Å². The molecule has 0 saturated carbocycles. The van der Waals surface area contributed by atoms with E-state index in [0.29, 0.717) is 0 Å². The maximum absolute atomic E-state index is 2.53. The van der Waals surface area contributed by atoms with Crippen LogP contribution in [-0.4, -0.2) is 8.07 Å². The van der Waals surface area contributed by atoms with Crippen molar-refractivity contribution in [1.29, 1.82) is 0 Å². The minimum absolute atomic E-state index is 0.267. The van der Waals surface area contributed by atoms with Gasteiger partial charge >= 0.3 is 151 Å². The summed E-state index contributed by atoms with van der Waals surface area (Å²) in [5.41, 5.74) is 6.15. The third-order valence-corrected chi connectivity index (χ3v) is 14.6. The van der Waals surface area contributed by atoms with Gasteiger partial charge in [-0.2, -0.15) is 0 Å². The van der Waals surface area contributed by atoms with E-state index in [9.17, 15) is 0 Å². The maximum atomic E-state index is 2.53. The van der Waals surface area contributed by atoms with Gasteiger partial charge < -0.3 is 0 Å². The molecule has 1 aromatic rings. The van der Waals surface area contributed by atoms with Crippen molar-refractivity contribution in [2.45, 2.75) is 35.2 Å². The molecule has 1 aromatic carbocycles. The molecule has 0 aliphatic heterocycles. The Balaban J connectivity index is 2.18. The SMILES string of the molecule is C[Si](C)(C)[C]([Zr])(C1=CC=CC1)c1ccccc1C1=CC=CC1. The molecule has 0 N–H and O–H groups in total. The Bertz CT molecular complexity index is 701. The molecule has 1 atom stereocenters. The second-order valence-corrected chi connectivity index (χ2v) is 15.5. The zero-order valence-corrected chi connectivity index (χ0v) is 17.1. The fourth-order valence-electron chi connectivity index (χ4n) is 3.52. The van der Waals surface area contributed by atoms with E-state index in [1.165, 1.54) is 11.1 Å². The van der Waals surface area contributed by atoms with Crippen LogP contribution in [0.4, 0.5) is 0 Å². The van der Waals surface area contributed by atoms with Crippen molar-refractivity contribution in [3.8, 4) is 0 Å². The molecule has 0 fully saturated rings. The zero-order valence-electron chi connectivity index (χ0n) is 13.7. The van der Waals surface area contributed by atoms with E-state index in [0.717, 1.165) is 12.8 Å². The number of hydrogen-bond donors (Lipinski definition) is 0. The number of rotatable bonds is 4. The third kappa shape index (κ3) is 2.65. The molecule has 111 valence electrons. The Morgan fingerprint density at radius 3 is 2.23 bits per heavy atom. The van der Waals surface area contributed by atoms with Crippen molar-refractivity contribution in [3.05, 3.63) is 77.4 Å². The summed E-state index contributed by atoms with van der Waals surface area (Å²) in [5, 5.41) is 0. The van der Waals surface area contributed by atoms with Gasteiger partial charge in [-0.15, -0.1) is 0 Å². The van der Waals surface area contributed by atoms with Gasteiger partial charge in [0.1, 0.15) is 0 Å². The summed E-state index contributed by atoms with van der Waals surface area (Å²) in [6.45, 7) is 7.58. The first kappa shape index (κ1) is 16.1. The normalized spacial score (nSPS) is 19.9. The molecule has 0 heterocycles. The third-order valence-electron chi connectivity index (χ3n) is 4.83. The summed E-state index contributed by atoms with van der Waals surface area (Å²) < 4.78 is 0.267. The van der Waals surface area contributed by atoms with Crippen molar-refractivity contribution in [1.82, 2.24) is 0 Å². The molecule has 22 heavy (non-hydrogen) atoms. The van der Waals surface area contributed by atoms with Crippen molar-refractivity contribution >= 4 is 13.6 Å². The summed E-state index contributed by atoms with van der Waals surface area (Å²) in [6.07, 6.45) is 15.9. The molecule has 0 aromatic heterocycles. The Hall–Kier alpha value is -0.720. The van der Waals surface area contributed by atoms with Gasteiger partial charge in [-0.05, 0) is 0 Å². The summed E-state index contributed by atoms with van der Waals surface area (Å²) in [4.78, 5) is 0. The molecule has 0 amide bonds. The quantitative estimate of drug-likeness (QED) is 0.600. The van der Waals surface area contributed by atoms with Crippen LogP contribution in [0.25, 0.3) is 5.57 Å². The second kappa shape index (κ2) is 6.06. The first-order valence-corrected chi connectivity index (χ1v) is 12.7. The Morgan fingerprint density at radius 2 is 1.64 bits per heavy atom. The molecule has 0 nitrogen and oxygen atoms in total. The van der Waals surface area contributed by atoms with E-state index >= 15 is 0 Å². The van der Waals surface area contributed by atoms with Gasteiger partial charge in [0.25, 0.3) is 0 Å². The molecule has 3 rings (SSSR count). The van der Waals surface area contributed by atoms with Crippen LogP contribution in [0.5, 0.6) is 0 Å². The molecular formula is C20H23SiZr. The molecule has 2 aliphatic carbocycles. The van der Waals surface area contributed by atoms with Gasteiger partial charge in [-0.3, -0.25) is 0 Å². The summed E-state index contributed by atoms with van der Waals surface area (Å²) in [6, 6.07) is 9.14. The Labute approximate surface area is 150 Å². The average Bonchev–Trinajstić information content (AvgIpc) is 3.18. The summed E-state index contributed by atoms with van der Waals surface area (Å²) in [7, 11) is -1.42. The van der Waals surface area contributed by atoms with Crippen molar-refractivity contribution in [2.75, 3.05) is 0 Å². The molecular weight excluding hydrogens is 360 g/mol. The Morgan fingerprint density at radius 1 is 0.955 bits per heavy atom. The van der Waals surface area contributed by atoms with Crippen LogP contribution < -0.4 is 0 Å². The fourth-order valence-corrected chi connectivity index (χ4v) is 6.69. The Kier molecular flexibility index (Phi) is 4.45. The van der Waals surface area contributed by atoms with Crippen LogP contribution >= 0.6 is 0 Å². The predicted octanol–water partition coefficient (Wildman–Crippen LogP) is 5.54. The molecule has 0 spiro atoms. The van der Waals surface area contributed by atoms with E-state index in [-0.39, 0.29) is 2.75 Å². The van der Waals surface area contributed by atoms with Crippen molar-refractivity contribution < 1.29 is 24.7 Å². The number of hydrogen-bond acceptors (Lipinski definition) is 0. The van der Waals surface area contributed by atoms with E-state index < -0.39 is 8.07 Å². The molecule has 2 aliphatic rings. The van der Waals surface area contributed by atoms with E-state index in [4.69, 9.17) is 0 Å². The van der Waals surface area contributed by atoms with Gasteiger partial charge in [-0.25, -0.2) is 0 Å². The van der Waals surface area contributed by atoms with Crippen molar-refractivity contribution in [3.63, 3.8) is 0 Å². The molecule has 1 unspecified atom stereocenters. The minimum atomic E-state index is -1.42. The topological polar surface area (TPSA) is 0 Å². The van der Waals surface area contributed by atoms with Crippen LogP contribution in [0.3, 0.4) is 0 Å². The van der Waals surface area contributed by atoms with Gasteiger partial charge in [0.05, 0.1) is 0 Å². The number of allylic oxidation sites excluding steroid dienone is 8. The molecule has 0 bridgehead atoms. The van der Waals surface area contributed by atoms with E-state index in [1.807, 2.05) is 0 Å². The van der Waals surface area contributed by atoms with Crippen LogP contribution in [0.15, 0.2) is 66.3 Å². The second-order valence-electron chi connectivity index (χ2n) is 7.19. The van der Waals surface area contributed by atoms with Gasteiger partial charge in [0, 0.05) is 0 Å². The molecule has 2 heteroatoms. The fraction of sp³-hybridized carbons (Fsp3) is 0.300. The number of benzene rings is 1. The molecule has 0 radical (unpaired) electrons. The van der Waals surface area contributed by atoms with Gasteiger partial charge in [0.15, 0.2) is 0 Å². The van der Waals surface area contributed by atoms with Crippen LogP contribution in [0.2, 0.25) is 19.6 Å². The zero-order chi connectivity index (χ0) is 15.8. The first-order valence-electron chi connectivity index (χ1n) is 8.01. The van der Waals surface area contributed by atoms with Crippen molar-refractivity contribution in [2.24, 2.45) is 0 Å². The van der Waals surface area contributed by atoms with Crippen LogP contribution in [0, 0.1) is 0 Å². The summed E-state index contributed by atoms with van der Waals surface area (Å²) >= 11 is 1.64. The van der Waals surface area contributed by atoms with E-state index in [2.05, 4.69) is 80.4 Å².